The highest BCUT2D eigenvalue weighted by Gasteiger charge is 2.12. The molecule has 0 radical (unpaired) electrons. The van der Waals surface area contributed by atoms with Crippen LogP contribution < -0.4 is 14.8 Å². The van der Waals surface area contributed by atoms with Crippen LogP contribution in [0.4, 0.5) is 4.39 Å². The van der Waals surface area contributed by atoms with E-state index in [1.165, 1.54) is 12.1 Å². The topological polar surface area (TPSA) is 71.3 Å². The third-order valence-corrected chi connectivity index (χ3v) is 4.58. The van der Waals surface area contributed by atoms with Gasteiger partial charge < -0.3 is 14.8 Å². The lowest BCUT2D eigenvalue weighted by atomic mass is 10.1. The fourth-order valence-electron chi connectivity index (χ4n) is 2.96. The lowest BCUT2D eigenvalue weighted by molar-refractivity contribution is -0.117. The number of amides is 1. The zero-order chi connectivity index (χ0) is 22.8. The Morgan fingerprint density at radius 1 is 1.03 bits per heavy atom. The molecule has 0 heterocycles. The molecule has 32 heavy (non-hydrogen) atoms. The molecule has 0 unspecified atom stereocenters. The minimum absolute atomic E-state index is 0.0246. The molecule has 0 spiro atoms. The van der Waals surface area contributed by atoms with E-state index < -0.39 is 5.91 Å². The fraction of sp³-hybridized carbons (Fsp3) is 0.154. The molecular weight excluding hydrogens is 407 g/mol. The van der Waals surface area contributed by atoms with Gasteiger partial charge in [0.1, 0.15) is 24.1 Å². The van der Waals surface area contributed by atoms with Crippen molar-refractivity contribution in [1.82, 2.24) is 5.32 Å². The van der Waals surface area contributed by atoms with E-state index in [0.29, 0.717) is 35.8 Å². The second-order valence-corrected chi connectivity index (χ2v) is 6.86. The number of rotatable bonds is 9. The van der Waals surface area contributed by atoms with Crippen LogP contribution in [0.25, 0.3) is 6.08 Å². The van der Waals surface area contributed by atoms with Crippen molar-refractivity contribution in [3.63, 3.8) is 0 Å². The molecule has 0 atom stereocenters. The number of nitriles is 1. The first-order valence-corrected chi connectivity index (χ1v) is 10.2. The van der Waals surface area contributed by atoms with Gasteiger partial charge in [-0.2, -0.15) is 5.26 Å². The lowest BCUT2D eigenvalue weighted by Gasteiger charge is -2.13. The van der Waals surface area contributed by atoms with E-state index >= 15 is 0 Å². The number of ether oxygens (including phenoxy) is 2. The van der Waals surface area contributed by atoms with Crippen molar-refractivity contribution >= 4 is 12.0 Å². The highest BCUT2D eigenvalue weighted by atomic mass is 19.1. The summed E-state index contributed by atoms with van der Waals surface area (Å²) in [6, 6.07) is 22.8. The van der Waals surface area contributed by atoms with Crippen LogP contribution >= 0.6 is 0 Å². The Kier molecular flexibility index (Phi) is 7.99. The van der Waals surface area contributed by atoms with Crippen LogP contribution in [-0.2, 0) is 17.9 Å². The maximum Gasteiger partial charge on any atom is 0.262 e. The number of nitrogens with zero attached hydrogens (tertiary/aromatic N) is 1. The van der Waals surface area contributed by atoms with Gasteiger partial charge >= 0.3 is 0 Å². The predicted molar refractivity (Wildman–Crippen MR) is 120 cm³/mol. The normalized spacial score (nSPS) is 10.8. The molecule has 3 rings (SSSR count). The third kappa shape index (κ3) is 6.19. The van der Waals surface area contributed by atoms with Crippen molar-refractivity contribution in [3.05, 3.63) is 101 Å². The van der Waals surface area contributed by atoms with Gasteiger partial charge in [0, 0.05) is 12.1 Å². The Labute approximate surface area is 186 Å². The monoisotopic (exact) mass is 430 g/mol. The van der Waals surface area contributed by atoms with Gasteiger partial charge in [-0.05, 0) is 42.3 Å². The molecule has 0 aliphatic heterocycles. The Balaban J connectivity index is 1.73. The standard InChI is InChI=1S/C26H23FN2O3/c1-2-31-25-15-20(12-13-24(25)32-18-21-10-6-7-11-23(21)27)14-22(16-28)26(30)29-17-19-8-4-3-5-9-19/h3-15H,2,17-18H2,1H3,(H,29,30)/b22-14-. The van der Waals surface area contributed by atoms with E-state index in [1.807, 2.05) is 43.3 Å². The molecule has 0 aromatic heterocycles. The van der Waals surface area contributed by atoms with Crippen LogP contribution in [0.15, 0.2) is 78.4 Å². The molecule has 3 aromatic carbocycles. The molecule has 0 saturated heterocycles. The average molecular weight is 430 g/mol. The van der Waals surface area contributed by atoms with Crippen molar-refractivity contribution in [1.29, 1.82) is 5.26 Å². The van der Waals surface area contributed by atoms with E-state index in [1.54, 1.807) is 36.4 Å². The number of halogens is 1. The molecule has 0 saturated carbocycles. The predicted octanol–water partition coefficient (Wildman–Crippen LogP) is 5.03. The summed E-state index contributed by atoms with van der Waals surface area (Å²) < 4.78 is 25.2. The number of benzene rings is 3. The van der Waals surface area contributed by atoms with Crippen LogP contribution in [0, 0.1) is 17.1 Å². The zero-order valence-corrected chi connectivity index (χ0v) is 17.7. The Bertz CT molecular complexity index is 1140. The van der Waals surface area contributed by atoms with Crippen molar-refractivity contribution < 1.29 is 18.7 Å². The maximum atomic E-state index is 13.8. The van der Waals surface area contributed by atoms with E-state index in [-0.39, 0.29) is 18.0 Å². The van der Waals surface area contributed by atoms with Gasteiger partial charge in [0.05, 0.1) is 6.61 Å². The van der Waals surface area contributed by atoms with Gasteiger partial charge in [-0.25, -0.2) is 4.39 Å². The number of carbonyl (C=O) groups excluding carboxylic acids is 1. The molecule has 0 aliphatic rings. The maximum absolute atomic E-state index is 13.8. The van der Waals surface area contributed by atoms with Crippen molar-refractivity contribution in [3.8, 4) is 17.6 Å². The van der Waals surface area contributed by atoms with Gasteiger partial charge in [0.25, 0.3) is 5.91 Å². The van der Waals surface area contributed by atoms with Crippen LogP contribution in [-0.4, -0.2) is 12.5 Å². The van der Waals surface area contributed by atoms with Crippen molar-refractivity contribution in [2.24, 2.45) is 0 Å². The number of hydrogen-bond acceptors (Lipinski definition) is 4. The minimum Gasteiger partial charge on any atom is -0.490 e. The molecule has 1 amide bonds. The smallest absolute Gasteiger partial charge is 0.262 e. The van der Waals surface area contributed by atoms with Crippen LogP contribution in [0.2, 0.25) is 0 Å². The van der Waals surface area contributed by atoms with Gasteiger partial charge in [-0.3, -0.25) is 4.79 Å². The zero-order valence-electron chi connectivity index (χ0n) is 17.7. The number of hydrogen-bond donors (Lipinski definition) is 1. The Morgan fingerprint density at radius 2 is 1.78 bits per heavy atom. The summed E-state index contributed by atoms with van der Waals surface area (Å²) in [5.74, 6) is 0.0817. The highest BCUT2D eigenvalue weighted by Crippen LogP contribution is 2.30. The quantitative estimate of drug-likeness (QED) is 0.382. The fourth-order valence-corrected chi connectivity index (χ4v) is 2.96. The Hall–Kier alpha value is -4.11. The Morgan fingerprint density at radius 3 is 2.50 bits per heavy atom. The summed E-state index contributed by atoms with van der Waals surface area (Å²) in [4.78, 5) is 12.4. The van der Waals surface area contributed by atoms with Gasteiger partial charge in [-0.1, -0.05) is 54.6 Å². The van der Waals surface area contributed by atoms with Crippen molar-refractivity contribution in [2.75, 3.05) is 6.61 Å². The molecule has 5 nitrogen and oxygen atoms in total. The number of nitrogens with one attached hydrogen (secondary N) is 1. The molecular formula is C26H23FN2O3. The van der Waals surface area contributed by atoms with Crippen molar-refractivity contribution in [2.45, 2.75) is 20.1 Å². The summed E-state index contributed by atoms with van der Waals surface area (Å²) in [5.41, 5.74) is 1.95. The van der Waals surface area contributed by atoms with E-state index in [0.717, 1.165) is 5.56 Å². The first-order chi connectivity index (χ1) is 15.6. The molecule has 0 aliphatic carbocycles. The van der Waals surface area contributed by atoms with E-state index in [2.05, 4.69) is 5.32 Å². The lowest BCUT2D eigenvalue weighted by Crippen LogP contribution is -2.23. The molecule has 0 fully saturated rings. The largest absolute Gasteiger partial charge is 0.490 e. The molecule has 3 aromatic rings. The summed E-state index contributed by atoms with van der Waals surface area (Å²) in [7, 11) is 0. The number of carbonyl (C=O) groups is 1. The second-order valence-electron chi connectivity index (χ2n) is 6.86. The van der Waals surface area contributed by atoms with Gasteiger partial charge in [0.2, 0.25) is 0 Å². The third-order valence-electron chi connectivity index (χ3n) is 4.58. The summed E-state index contributed by atoms with van der Waals surface area (Å²) in [5, 5.41) is 12.2. The molecule has 6 heteroatoms. The van der Waals surface area contributed by atoms with Crippen LogP contribution in [0.5, 0.6) is 11.5 Å². The first-order valence-electron chi connectivity index (χ1n) is 10.2. The minimum atomic E-state index is -0.464. The van der Waals surface area contributed by atoms with Gasteiger partial charge in [-0.15, -0.1) is 0 Å². The molecule has 162 valence electrons. The SMILES string of the molecule is CCOc1cc(/C=C(/C#N)C(=O)NCc2ccccc2)ccc1OCc1ccccc1F. The summed E-state index contributed by atoms with van der Waals surface area (Å²) in [6.07, 6.45) is 1.49. The first kappa shape index (κ1) is 22.6. The average Bonchev–Trinajstić information content (AvgIpc) is 2.82. The van der Waals surface area contributed by atoms with E-state index in [4.69, 9.17) is 9.47 Å². The summed E-state index contributed by atoms with van der Waals surface area (Å²) in [6.45, 7) is 2.60. The van der Waals surface area contributed by atoms with Crippen LogP contribution in [0.3, 0.4) is 0 Å². The summed E-state index contributed by atoms with van der Waals surface area (Å²) >= 11 is 0. The highest BCUT2D eigenvalue weighted by molar-refractivity contribution is 6.01. The van der Waals surface area contributed by atoms with Gasteiger partial charge in [0.15, 0.2) is 11.5 Å². The second kappa shape index (κ2) is 11.3. The molecule has 1 N–H and O–H groups in total. The van der Waals surface area contributed by atoms with E-state index in [9.17, 15) is 14.4 Å². The molecule has 0 bridgehead atoms. The van der Waals surface area contributed by atoms with Crippen LogP contribution in [0.1, 0.15) is 23.6 Å².